The van der Waals surface area contributed by atoms with Crippen molar-refractivity contribution in [3.8, 4) is 44.0 Å². The highest BCUT2D eigenvalue weighted by Gasteiger charge is 2.15. The quantitative estimate of drug-likeness (QED) is 0.0473. The van der Waals surface area contributed by atoms with Crippen LogP contribution in [0.1, 0.15) is 407 Å². The largest absolute Gasteiger partial charge is 0.260 e. The summed E-state index contributed by atoms with van der Waals surface area (Å²) in [6.45, 7) is 70.8. The summed E-state index contributed by atoms with van der Waals surface area (Å²) >= 11 is 7.28. The molecule has 0 unspecified atom stereocenters. The Kier molecular flexibility index (Phi) is 47.3. The number of hydrogen-bond donors (Lipinski definition) is 0. The van der Waals surface area contributed by atoms with Crippen molar-refractivity contribution in [1.82, 2.24) is 15.0 Å². The number of benzene rings is 10. The minimum Gasteiger partial charge on any atom is -0.260 e. The number of nitrogens with zero attached hydrogens (tertiary/aromatic N) is 3. The Balaban J connectivity index is 0.000000196. The molecule has 0 saturated heterocycles. The molecule has 0 saturated carbocycles. The van der Waals surface area contributed by atoms with Crippen molar-refractivity contribution in [3.63, 3.8) is 0 Å². The third kappa shape index (κ3) is 39.2. The van der Waals surface area contributed by atoms with E-state index in [1.165, 1.54) is 152 Å². The van der Waals surface area contributed by atoms with Gasteiger partial charge in [-0.3, -0.25) is 4.98 Å². The first kappa shape index (κ1) is 114. The maximum absolute atomic E-state index is 4.51. The zero-order valence-corrected chi connectivity index (χ0v) is 94.2. The van der Waals surface area contributed by atoms with Gasteiger partial charge in [0.1, 0.15) is 5.01 Å². The van der Waals surface area contributed by atoms with E-state index in [2.05, 4.69) is 539 Å². The van der Waals surface area contributed by atoms with Crippen LogP contribution in [0.3, 0.4) is 0 Å². The molecule has 3 nitrogen and oxygen atoms in total. The number of allylic oxidation sites excluding steroid dienone is 2. The lowest BCUT2D eigenvalue weighted by molar-refractivity contribution is 0.587. The molecule has 0 bridgehead atoms. The third-order valence-electron chi connectivity index (χ3n) is 24.2. The van der Waals surface area contributed by atoms with E-state index >= 15 is 0 Å². The molecular weight excluding hydrogens is 1770 g/mol. The van der Waals surface area contributed by atoms with Crippen LogP contribution in [-0.2, 0) is 6.42 Å². The Hall–Kier alpha value is -10.9. The van der Waals surface area contributed by atoms with Gasteiger partial charge in [0.15, 0.2) is 5.01 Å². The highest BCUT2D eigenvalue weighted by molar-refractivity contribution is 7.22. The number of fused-ring (bicyclic) bond motifs is 3. The Morgan fingerprint density at radius 1 is 0.257 bits per heavy atom. The number of thiazole rings is 2. The first-order valence-corrected chi connectivity index (χ1v) is 55.0. The van der Waals surface area contributed by atoms with Gasteiger partial charge < -0.3 is 0 Å². The van der Waals surface area contributed by atoms with E-state index in [-0.39, 0.29) is 0 Å². The fourth-order valence-corrected chi connectivity index (χ4v) is 18.4. The second kappa shape index (κ2) is 57.9. The standard InChI is InChI=1S/C20H24.C18H24.C18H22.C18H20.C17H19NS.C16H20S.C13H17NS2.C13H19N/c1-15(2)19-11-7-17(8-12-19)5-6-18-9-13-20(14-10-18)16(3)4;3*1-13(2)5-6-15-7-8-18-12-16(14(3)4)9-10-17(18)11-15;1-12(2)15-8-5-14(6-9-15)7-10-17-18-11-16(19-17)13(3)4;1-11(2)13-5-7-14(8-6-13)16-10-9-15(17-16)12(3)4;1-8(2)10-5-6-11(15-10)13-14-7-12(16-13)9(3)4;1-10(2)5-6-12-7-8-13(11(3)4)14-9-12/h5-16H,1-4H3;7-14H,5-6H2,1-4H3;5-14H,1-4H3;7-14H,1-4H3;5-6,8-9,11-13H,1-4H3;5-12H,1-4H3;5-9H,1-4H3;5-11H,1-4H3/b6-5+;;6-5+;;;;;6-5+. The van der Waals surface area contributed by atoms with Crippen molar-refractivity contribution in [2.75, 3.05) is 0 Å². The van der Waals surface area contributed by atoms with Crippen LogP contribution < -0.4 is 0 Å². The summed E-state index contributed by atoms with van der Waals surface area (Å²) < 4.78 is 0. The maximum atomic E-state index is 4.51. The van der Waals surface area contributed by atoms with E-state index < -0.39 is 0 Å². The molecule has 0 aliphatic heterocycles. The smallest absolute Gasteiger partial charge is 0.167 e. The molecule has 7 heteroatoms. The topological polar surface area (TPSA) is 38.7 Å². The van der Waals surface area contributed by atoms with E-state index in [0.29, 0.717) is 88.8 Å². The second-order valence-electron chi connectivity index (χ2n) is 42.3. The van der Waals surface area contributed by atoms with Crippen LogP contribution >= 0.6 is 45.3 Å². The Labute approximate surface area is 864 Å². The van der Waals surface area contributed by atoms with Gasteiger partial charge >= 0.3 is 0 Å². The van der Waals surface area contributed by atoms with Crippen LogP contribution in [0.5, 0.6) is 0 Å². The van der Waals surface area contributed by atoms with Crippen molar-refractivity contribution < 1.29 is 0 Å². The van der Waals surface area contributed by atoms with Crippen molar-refractivity contribution in [2.24, 2.45) is 23.7 Å². The summed E-state index contributed by atoms with van der Waals surface area (Å²) in [4.78, 5) is 21.5. The molecule has 10 aromatic carbocycles. The third-order valence-corrected chi connectivity index (χ3v) is 29.7. The predicted molar refractivity (Wildman–Crippen MR) is 629 cm³/mol. The van der Waals surface area contributed by atoms with E-state index in [0.717, 1.165) is 27.7 Å². The van der Waals surface area contributed by atoms with E-state index in [1.54, 1.807) is 11.3 Å². The van der Waals surface area contributed by atoms with Gasteiger partial charge in [0.05, 0.1) is 4.88 Å². The lowest BCUT2D eigenvalue weighted by atomic mass is 9.96. The minimum absolute atomic E-state index is 0.420. The van der Waals surface area contributed by atoms with Gasteiger partial charge in [0, 0.05) is 65.7 Å². The predicted octanol–water partition coefficient (Wildman–Crippen LogP) is 41.7. The number of aryl methyl sites for hydroxylation is 1. The van der Waals surface area contributed by atoms with Crippen LogP contribution in [0.2, 0.25) is 0 Å². The number of aromatic nitrogens is 3. The van der Waals surface area contributed by atoms with Gasteiger partial charge in [-0.25, -0.2) is 9.97 Å². The van der Waals surface area contributed by atoms with Crippen LogP contribution in [0.25, 0.3) is 76.9 Å². The maximum Gasteiger partial charge on any atom is 0.167 e. The van der Waals surface area contributed by atoms with Gasteiger partial charge in [0.25, 0.3) is 0 Å². The lowest BCUT2D eigenvalue weighted by Crippen LogP contribution is -1.92. The van der Waals surface area contributed by atoms with E-state index in [1.807, 2.05) is 52.6 Å². The molecule has 5 aromatic heterocycles. The minimum atomic E-state index is 0.420. The zero-order chi connectivity index (χ0) is 102. The SMILES string of the molecule is CC(C)/C=C/c1ccc(C(C)C)nc1.CC(C)/C=C/c1ccc2cc(C(C)C)ccc2c1.CC(C)C#Cc1ccc2cc(C(C)C)ccc2c1.CC(C)CCc1ccc2cc(C(C)C)ccc2c1.CC(C)c1ccc(-c2ccc(C(C)C)s2)cc1.CC(C)c1ccc(-c2ncc(C(C)C)s2)s1.CC(C)c1ccc(/C=C/c2ccc(C(C)C)cc2)cc1.CC(C)c1ccc(C#Cc2ncc(C(C)C)s2)cc1. The number of pyridine rings is 1. The Morgan fingerprint density at radius 2 is 0.636 bits per heavy atom. The van der Waals surface area contributed by atoms with Crippen molar-refractivity contribution in [1.29, 1.82) is 0 Å². The molecule has 0 fully saturated rings. The highest BCUT2D eigenvalue weighted by Crippen LogP contribution is 2.38. The second-order valence-corrected chi connectivity index (χ2v) is 46.6. The van der Waals surface area contributed by atoms with Crippen LogP contribution in [-0.4, -0.2) is 15.0 Å². The molecule has 0 N–H and O–H groups in total. The summed E-state index contributed by atoms with van der Waals surface area (Å²) in [7, 11) is 0. The normalized spacial score (nSPS) is 11.5. The molecular formula is C133H165N3S4. The first-order valence-electron chi connectivity index (χ1n) is 51.7. The molecule has 0 aliphatic rings. The molecule has 0 spiro atoms. The fraction of sp³-hybridized carbons (Fsp3) is 0.376. The summed E-state index contributed by atoms with van der Waals surface area (Å²) in [5.41, 5.74) is 20.9. The first-order chi connectivity index (χ1) is 66.5. The van der Waals surface area contributed by atoms with Gasteiger partial charge in [0.2, 0.25) is 0 Å². The molecule has 0 atom stereocenters. The molecule has 5 heterocycles. The summed E-state index contributed by atoms with van der Waals surface area (Å²) in [6.07, 6.45) is 21.5. The average Bonchev–Trinajstić information content (AvgIpc) is 1.13. The highest BCUT2D eigenvalue weighted by atomic mass is 32.1. The van der Waals surface area contributed by atoms with E-state index in [4.69, 9.17) is 0 Å². The van der Waals surface area contributed by atoms with Gasteiger partial charge in [-0.2, -0.15) is 0 Å². The van der Waals surface area contributed by atoms with Gasteiger partial charge in [-0.05, 0) is 273 Å². The van der Waals surface area contributed by atoms with Crippen LogP contribution in [0, 0.1) is 47.4 Å². The number of hydrogen-bond acceptors (Lipinski definition) is 7. The van der Waals surface area contributed by atoms with Crippen molar-refractivity contribution in [3.05, 3.63) is 381 Å². The van der Waals surface area contributed by atoms with Crippen LogP contribution in [0.4, 0.5) is 0 Å². The summed E-state index contributed by atoms with van der Waals surface area (Å²) in [5.74, 6) is 22.1. The Bertz CT molecular complexity index is 6330. The monoisotopic (exact) mass is 1930 g/mol. The molecule has 0 radical (unpaired) electrons. The van der Waals surface area contributed by atoms with Gasteiger partial charge in [-0.15, -0.1) is 45.3 Å². The summed E-state index contributed by atoms with van der Waals surface area (Å²) in [5, 5.41) is 10.0. The van der Waals surface area contributed by atoms with Crippen LogP contribution in [0.15, 0.2) is 273 Å². The Morgan fingerprint density at radius 3 is 1.06 bits per heavy atom. The molecule has 15 aromatic rings. The van der Waals surface area contributed by atoms with Gasteiger partial charge in [-0.1, -0.05) is 458 Å². The summed E-state index contributed by atoms with van der Waals surface area (Å²) in [6, 6.07) is 88.6. The molecule has 140 heavy (non-hydrogen) atoms. The average molecular weight is 1930 g/mol. The molecule has 15 rings (SSSR count). The number of thiophene rings is 2. The fourth-order valence-electron chi connectivity index (χ4n) is 14.6. The number of rotatable bonds is 23. The van der Waals surface area contributed by atoms with E-state index in [9.17, 15) is 0 Å². The molecule has 736 valence electrons. The van der Waals surface area contributed by atoms with Crippen molar-refractivity contribution in [2.45, 2.75) is 305 Å². The molecule has 0 aliphatic carbocycles. The zero-order valence-electron chi connectivity index (χ0n) is 90.9. The van der Waals surface area contributed by atoms with Crippen molar-refractivity contribution >= 4 is 102 Å². The lowest BCUT2D eigenvalue weighted by Gasteiger charge is -2.09. The molecule has 0 amide bonds.